The number of aromatic nitrogens is 2. The molecule has 1 aromatic heterocycles. The molecule has 1 amide bonds. The third-order valence-corrected chi connectivity index (χ3v) is 3.73. The lowest BCUT2D eigenvalue weighted by molar-refractivity contribution is -0.116. The fourth-order valence-corrected chi connectivity index (χ4v) is 2.40. The highest BCUT2D eigenvalue weighted by molar-refractivity contribution is 5.89. The smallest absolute Gasteiger partial charge is 0.225 e. The molecule has 0 saturated heterocycles. The van der Waals surface area contributed by atoms with Gasteiger partial charge in [0.2, 0.25) is 5.91 Å². The van der Waals surface area contributed by atoms with Crippen LogP contribution in [0.2, 0.25) is 0 Å². The molecule has 0 atom stereocenters. The van der Waals surface area contributed by atoms with Gasteiger partial charge in [-0.1, -0.05) is 42.5 Å². The van der Waals surface area contributed by atoms with E-state index in [1.807, 2.05) is 36.4 Å². The summed E-state index contributed by atoms with van der Waals surface area (Å²) in [6.45, 7) is 0. The van der Waals surface area contributed by atoms with Crippen molar-refractivity contribution >= 4 is 23.2 Å². The molecule has 0 spiro atoms. The molecule has 0 aliphatic rings. The van der Waals surface area contributed by atoms with Crippen LogP contribution in [0, 0.1) is 11.3 Å². The van der Waals surface area contributed by atoms with Crippen molar-refractivity contribution in [2.75, 3.05) is 10.6 Å². The normalized spacial score (nSPS) is 9.96. The molecule has 0 aliphatic carbocycles. The largest absolute Gasteiger partial charge is 0.338 e. The molecule has 0 saturated carbocycles. The lowest BCUT2D eigenvalue weighted by atomic mass is 10.1. The average Bonchev–Trinajstić information content (AvgIpc) is 2.69. The third-order valence-electron chi connectivity index (χ3n) is 3.73. The van der Waals surface area contributed by atoms with E-state index in [2.05, 4.69) is 26.9 Å². The first-order chi connectivity index (χ1) is 12.7. The molecule has 0 unspecified atom stereocenters. The Hall–Kier alpha value is -3.72. The maximum Gasteiger partial charge on any atom is 0.225 e. The molecule has 2 N–H and O–H groups in total. The van der Waals surface area contributed by atoms with Gasteiger partial charge in [0.05, 0.1) is 11.3 Å². The predicted octanol–water partition coefficient (Wildman–Crippen LogP) is 3.66. The standard InChI is InChI=1S/C20H17N5O/c21-14-16-8-4-5-9-17(16)22-18-11-12-19(25-24-18)23-20(26)13-10-15-6-2-1-3-7-15/h1-9,11-12H,10,13H2,(H,22,24)(H,23,25,26). The molecule has 3 rings (SSSR count). The minimum Gasteiger partial charge on any atom is -0.338 e. The predicted molar refractivity (Wildman–Crippen MR) is 99.9 cm³/mol. The van der Waals surface area contributed by atoms with Gasteiger partial charge >= 0.3 is 0 Å². The lowest BCUT2D eigenvalue weighted by Crippen LogP contribution is -2.14. The molecule has 128 valence electrons. The molecule has 6 nitrogen and oxygen atoms in total. The first-order valence-electron chi connectivity index (χ1n) is 8.18. The van der Waals surface area contributed by atoms with Crippen LogP contribution in [0.1, 0.15) is 17.5 Å². The van der Waals surface area contributed by atoms with E-state index in [4.69, 9.17) is 5.26 Å². The maximum absolute atomic E-state index is 12.0. The summed E-state index contributed by atoms with van der Waals surface area (Å²) in [7, 11) is 0. The second-order valence-electron chi connectivity index (χ2n) is 5.62. The van der Waals surface area contributed by atoms with Crippen molar-refractivity contribution in [1.82, 2.24) is 10.2 Å². The van der Waals surface area contributed by atoms with Gasteiger partial charge < -0.3 is 10.6 Å². The monoisotopic (exact) mass is 343 g/mol. The summed E-state index contributed by atoms with van der Waals surface area (Å²) in [5, 5.41) is 22.9. The van der Waals surface area contributed by atoms with Crippen LogP contribution in [0.25, 0.3) is 0 Å². The molecule has 2 aromatic carbocycles. The number of hydrogen-bond acceptors (Lipinski definition) is 5. The van der Waals surface area contributed by atoms with Crippen LogP contribution in [0.3, 0.4) is 0 Å². The van der Waals surface area contributed by atoms with Crippen LogP contribution < -0.4 is 10.6 Å². The Morgan fingerprint density at radius 1 is 0.923 bits per heavy atom. The van der Waals surface area contributed by atoms with Crippen LogP contribution in [0.15, 0.2) is 66.7 Å². The molecule has 6 heteroatoms. The zero-order chi connectivity index (χ0) is 18.2. The van der Waals surface area contributed by atoms with E-state index >= 15 is 0 Å². The number of nitrogens with zero attached hydrogens (tertiary/aromatic N) is 3. The second-order valence-corrected chi connectivity index (χ2v) is 5.62. The minimum atomic E-state index is -0.112. The summed E-state index contributed by atoms with van der Waals surface area (Å²) in [5.41, 5.74) is 2.29. The van der Waals surface area contributed by atoms with Crippen molar-refractivity contribution in [2.24, 2.45) is 0 Å². The Labute approximate surface area is 151 Å². The van der Waals surface area contributed by atoms with Crippen LogP contribution in [-0.2, 0) is 11.2 Å². The first-order valence-corrected chi connectivity index (χ1v) is 8.18. The van der Waals surface area contributed by atoms with E-state index in [-0.39, 0.29) is 5.91 Å². The minimum absolute atomic E-state index is 0.112. The van der Waals surface area contributed by atoms with Gasteiger partial charge in [-0.15, -0.1) is 10.2 Å². The molecule has 0 aliphatic heterocycles. The topological polar surface area (TPSA) is 90.7 Å². The number of amides is 1. The van der Waals surface area contributed by atoms with Crippen molar-refractivity contribution in [1.29, 1.82) is 5.26 Å². The molecule has 1 heterocycles. The number of anilines is 3. The van der Waals surface area contributed by atoms with Crippen molar-refractivity contribution < 1.29 is 4.79 Å². The average molecular weight is 343 g/mol. The van der Waals surface area contributed by atoms with Crippen molar-refractivity contribution in [2.45, 2.75) is 12.8 Å². The number of para-hydroxylation sites is 1. The Morgan fingerprint density at radius 2 is 1.62 bits per heavy atom. The maximum atomic E-state index is 12.0. The number of nitriles is 1. The molecule has 0 fully saturated rings. The van der Waals surface area contributed by atoms with E-state index in [1.54, 1.807) is 30.3 Å². The van der Waals surface area contributed by atoms with E-state index in [1.165, 1.54) is 0 Å². The number of benzene rings is 2. The Bertz CT molecular complexity index is 917. The summed E-state index contributed by atoms with van der Waals surface area (Å²) in [4.78, 5) is 12.0. The summed E-state index contributed by atoms with van der Waals surface area (Å²) in [6, 6.07) is 22.5. The van der Waals surface area contributed by atoms with E-state index in [0.717, 1.165) is 5.56 Å². The number of hydrogen-bond donors (Lipinski definition) is 2. The highest BCUT2D eigenvalue weighted by Gasteiger charge is 2.06. The summed E-state index contributed by atoms with van der Waals surface area (Å²) in [5.74, 6) is 0.774. The van der Waals surface area contributed by atoms with Crippen molar-refractivity contribution in [3.8, 4) is 6.07 Å². The van der Waals surface area contributed by atoms with Gasteiger partial charge in [0.1, 0.15) is 6.07 Å². The fourth-order valence-electron chi connectivity index (χ4n) is 2.40. The molecule has 0 radical (unpaired) electrons. The van der Waals surface area contributed by atoms with Crippen LogP contribution in [0.5, 0.6) is 0 Å². The first kappa shape index (κ1) is 17.1. The number of aryl methyl sites for hydroxylation is 1. The SMILES string of the molecule is N#Cc1ccccc1Nc1ccc(NC(=O)CCc2ccccc2)nn1. The van der Waals surface area contributed by atoms with Gasteiger partial charge in [0, 0.05) is 6.42 Å². The van der Waals surface area contributed by atoms with Crippen molar-refractivity contribution in [3.05, 3.63) is 77.9 Å². The zero-order valence-electron chi connectivity index (χ0n) is 14.0. The molecule has 0 bridgehead atoms. The fraction of sp³-hybridized carbons (Fsp3) is 0.100. The van der Waals surface area contributed by atoms with E-state index < -0.39 is 0 Å². The Kier molecular flexibility index (Phi) is 5.53. The quantitative estimate of drug-likeness (QED) is 0.713. The highest BCUT2D eigenvalue weighted by atomic mass is 16.1. The highest BCUT2D eigenvalue weighted by Crippen LogP contribution is 2.18. The summed E-state index contributed by atoms with van der Waals surface area (Å²) >= 11 is 0. The molecule has 3 aromatic rings. The van der Waals surface area contributed by atoms with Gasteiger partial charge in [-0.2, -0.15) is 5.26 Å². The Morgan fingerprint density at radius 3 is 2.35 bits per heavy atom. The number of carbonyl (C=O) groups excluding carboxylic acids is 1. The second kappa shape index (κ2) is 8.40. The molecular formula is C20H17N5O. The molecule has 26 heavy (non-hydrogen) atoms. The van der Waals surface area contributed by atoms with Crippen LogP contribution in [0.4, 0.5) is 17.3 Å². The van der Waals surface area contributed by atoms with Gasteiger partial charge in [0.25, 0.3) is 0 Å². The van der Waals surface area contributed by atoms with Gasteiger partial charge in [-0.05, 0) is 36.2 Å². The molecular weight excluding hydrogens is 326 g/mol. The van der Waals surface area contributed by atoms with E-state index in [0.29, 0.717) is 35.7 Å². The Balaban J connectivity index is 1.56. The van der Waals surface area contributed by atoms with Crippen molar-refractivity contribution in [3.63, 3.8) is 0 Å². The summed E-state index contributed by atoms with van der Waals surface area (Å²) < 4.78 is 0. The van der Waals surface area contributed by atoms with Crippen LogP contribution in [-0.4, -0.2) is 16.1 Å². The number of nitrogens with one attached hydrogen (secondary N) is 2. The van der Waals surface area contributed by atoms with Gasteiger partial charge in [0.15, 0.2) is 11.6 Å². The lowest BCUT2D eigenvalue weighted by Gasteiger charge is -2.08. The van der Waals surface area contributed by atoms with E-state index in [9.17, 15) is 4.79 Å². The van der Waals surface area contributed by atoms with Crippen LogP contribution >= 0.6 is 0 Å². The summed E-state index contributed by atoms with van der Waals surface area (Å²) in [6.07, 6.45) is 1.05. The number of rotatable bonds is 6. The van der Waals surface area contributed by atoms with Gasteiger partial charge in [-0.25, -0.2) is 0 Å². The van der Waals surface area contributed by atoms with Gasteiger partial charge in [-0.3, -0.25) is 4.79 Å². The zero-order valence-corrected chi connectivity index (χ0v) is 14.0. The number of carbonyl (C=O) groups is 1. The third kappa shape index (κ3) is 4.65.